The Morgan fingerprint density at radius 1 is 1.53 bits per heavy atom. The SMILES string of the molecule is CCOC(=O)/C(C#N)=C1\Nc2cccnc2NC1=O. The monoisotopic (exact) mass is 258 g/mol. The summed E-state index contributed by atoms with van der Waals surface area (Å²) in [7, 11) is 0. The van der Waals surface area contributed by atoms with Crippen LogP contribution in [-0.2, 0) is 14.3 Å². The first-order valence-electron chi connectivity index (χ1n) is 5.52. The van der Waals surface area contributed by atoms with E-state index in [1.807, 2.05) is 0 Å². The van der Waals surface area contributed by atoms with Crippen LogP contribution in [0.15, 0.2) is 29.6 Å². The topological polar surface area (TPSA) is 104 Å². The number of esters is 1. The van der Waals surface area contributed by atoms with Gasteiger partial charge in [0.05, 0.1) is 12.3 Å². The number of aromatic nitrogens is 1. The van der Waals surface area contributed by atoms with Gasteiger partial charge in [0, 0.05) is 6.20 Å². The lowest BCUT2D eigenvalue weighted by Gasteiger charge is -2.20. The summed E-state index contributed by atoms with van der Waals surface area (Å²) in [5, 5.41) is 14.2. The van der Waals surface area contributed by atoms with Gasteiger partial charge in [-0.15, -0.1) is 0 Å². The van der Waals surface area contributed by atoms with Gasteiger partial charge in [0.25, 0.3) is 5.91 Å². The molecule has 1 amide bonds. The van der Waals surface area contributed by atoms with Gasteiger partial charge < -0.3 is 15.4 Å². The van der Waals surface area contributed by atoms with Crippen LogP contribution in [0.3, 0.4) is 0 Å². The molecule has 7 nitrogen and oxygen atoms in total. The van der Waals surface area contributed by atoms with Gasteiger partial charge in [-0.1, -0.05) is 0 Å². The molecule has 0 saturated heterocycles. The molecule has 0 atom stereocenters. The minimum absolute atomic E-state index is 0.122. The van der Waals surface area contributed by atoms with E-state index >= 15 is 0 Å². The number of ether oxygens (including phenoxy) is 1. The van der Waals surface area contributed by atoms with Crippen molar-refractivity contribution in [1.82, 2.24) is 4.98 Å². The molecule has 2 rings (SSSR count). The maximum absolute atomic E-state index is 11.8. The minimum atomic E-state index is -0.838. The second kappa shape index (κ2) is 5.18. The molecular formula is C12H10N4O3. The van der Waals surface area contributed by atoms with Crippen molar-refractivity contribution in [3.05, 3.63) is 29.6 Å². The molecule has 0 fully saturated rings. The molecule has 0 saturated carbocycles. The van der Waals surface area contributed by atoms with E-state index in [-0.39, 0.29) is 17.9 Å². The van der Waals surface area contributed by atoms with Crippen molar-refractivity contribution in [2.45, 2.75) is 6.92 Å². The Kier molecular flexibility index (Phi) is 3.43. The van der Waals surface area contributed by atoms with Crippen LogP contribution in [0.2, 0.25) is 0 Å². The highest BCUT2D eigenvalue weighted by Crippen LogP contribution is 2.26. The van der Waals surface area contributed by atoms with Gasteiger partial charge in [-0.25, -0.2) is 9.78 Å². The molecule has 1 aromatic rings. The van der Waals surface area contributed by atoms with Crippen LogP contribution in [0.4, 0.5) is 11.5 Å². The Morgan fingerprint density at radius 2 is 2.32 bits per heavy atom. The van der Waals surface area contributed by atoms with E-state index in [0.29, 0.717) is 11.5 Å². The predicted octanol–water partition coefficient (Wildman–Crippen LogP) is 0.786. The van der Waals surface area contributed by atoms with Crippen LogP contribution in [0.1, 0.15) is 6.92 Å². The summed E-state index contributed by atoms with van der Waals surface area (Å²) in [6.07, 6.45) is 1.52. The molecule has 0 bridgehead atoms. The third kappa shape index (κ3) is 2.37. The van der Waals surface area contributed by atoms with Crippen molar-refractivity contribution < 1.29 is 14.3 Å². The summed E-state index contributed by atoms with van der Waals surface area (Å²) >= 11 is 0. The molecule has 2 N–H and O–H groups in total. The third-order valence-electron chi connectivity index (χ3n) is 2.37. The average Bonchev–Trinajstić information content (AvgIpc) is 2.40. The number of anilines is 2. The fourth-order valence-electron chi connectivity index (χ4n) is 1.55. The van der Waals surface area contributed by atoms with Crippen molar-refractivity contribution in [2.24, 2.45) is 0 Å². The standard InChI is InChI=1S/C12H10N4O3/c1-2-19-12(18)7(6-13)9-11(17)16-10-8(15-9)4-3-5-14-10/h3-5,15H,2H2,1H3,(H,14,16,17)/b9-7-. The van der Waals surface area contributed by atoms with E-state index in [9.17, 15) is 9.59 Å². The number of rotatable bonds is 2. The molecule has 96 valence electrons. The van der Waals surface area contributed by atoms with Gasteiger partial charge >= 0.3 is 5.97 Å². The van der Waals surface area contributed by atoms with Crippen molar-refractivity contribution >= 4 is 23.4 Å². The summed E-state index contributed by atoms with van der Waals surface area (Å²) in [6.45, 7) is 1.74. The molecule has 0 radical (unpaired) electrons. The number of amides is 1. The first kappa shape index (κ1) is 12.6. The Labute approximate surface area is 108 Å². The van der Waals surface area contributed by atoms with E-state index in [0.717, 1.165) is 0 Å². The summed E-state index contributed by atoms with van der Waals surface area (Å²) in [4.78, 5) is 27.4. The minimum Gasteiger partial charge on any atom is -0.462 e. The average molecular weight is 258 g/mol. The maximum atomic E-state index is 11.8. The van der Waals surface area contributed by atoms with Crippen molar-refractivity contribution in [1.29, 1.82) is 5.26 Å². The van der Waals surface area contributed by atoms with Crippen LogP contribution in [-0.4, -0.2) is 23.5 Å². The van der Waals surface area contributed by atoms with Crippen molar-refractivity contribution in [3.63, 3.8) is 0 Å². The zero-order valence-corrected chi connectivity index (χ0v) is 10.1. The zero-order valence-electron chi connectivity index (χ0n) is 10.1. The summed E-state index contributed by atoms with van der Waals surface area (Å²) in [6, 6.07) is 5.01. The summed E-state index contributed by atoms with van der Waals surface area (Å²) in [5.41, 5.74) is 0.00412. The molecule has 1 aromatic heterocycles. The fraction of sp³-hybridized carbons (Fsp3) is 0.167. The number of hydrogen-bond acceptors (Lipinski definition) is 6. The number of nitrogens with zero attached hydrogens (tertiary/aromatic N) is 2. The Bertz CT molecular complexity index is 616. The lowest BCUT2D eigenvalue weighted by Crippen LogP contribution is -2.29. The maximum Gasteiger partial charge on any atom is 0.351 e. The number of hydrogen-bond donors (Lipinski definition) is 2. The van der Waals surface area contributed by atoms with Crippen molar-refractivity contribution in [2.75, 3.05) is 17.2 Å². The number of carbonyl (C=O) groups excluding carboxylic acids is 2. The van der Waals surface area contributed by atoms with Crippen LogP contribution < -0.4 is 10.6 Å². The Balaban J connectivity index is 2.43. The third-order valence-corrected chi connectivity index (χ3v) is 2.37. The molecule has 0 aliphatic carbocycles. The van der Waals surface area contributed by atoms with Gasteiger partial charge in [0.1, 0.15) is 11.8 Å². The number of carbonyl (C=O) groups is 2. The molecule has 0 spiro atoms. The number of nitriles is 1. The van der Waals surface area contributed by atoms with Crippen molar-refractivity contribution in [3.8, 4) is 6.07 Å². The van der Waals surface area contributed by atoms with Gasteiger partial charge in [-0.2, -0.15) is 5.26 Å². The highest BCUT2D eigenvalue weighted by molar-refractivity contribution is 6.15. The van der Waals surface area contributed by atoms with E-state index in [4.69, 9.17) is 10.00 Å². The molecule has 19 heavy (non-hydrogen) atoms. The molecule has 7 heteroatoms. The highest BCUT2D eigenvalue weighted by Gasteiger charge is 2.27. The summed E-state index contributed by atoms with van der Waals surface area (Å²) in [5.74, 6) is -1.09. The van der Waals surface area contributed by atoms with Gasteiger partial charge in [-0.3, -0.25) is 4.79 Å². The predicted molar refractivity (Wildman–Crippen MR) is 65.8 cm³/mol. The van der Waals surface area contributed by atoms with Gasteiger partial charge in [0.15, 0.2) is 11.4 Å². The smallest absolute Gasteiger partial charge is 0.351 e. The first-order valence-corrected chi connectivity index (χ1v) is 5.52. The second-order valence-electron chi connectivity index (χ2n) is 3.56. The molecule has 1 aliphatic rings. The van der Waals surface area contributed by atoms with E-state index in [2.05, 4.69) is 15.6 Å². The fourth-order valence-corrected chi connectivity index (χ4v) is 1.55. The zero-order chi connectivity index (χ0) is 13.8. The van der Waals surface area contributed by atoms with Crippen LogP contribution >= 0.6 is 0 Å². The molecule has 0 unspecified atom stereocenters. The molecular weight excluding hydrogens is 248 g/mol. The Morgan fingerprint density at radius 3 is 3.00 bits per heavy atom. The lowest BCUT2D eigenvalue weighted by atomic mass is 10.1. The Hall–Kier alpha value is -2.88. The molecule has 0 aromatic carbocycles. The normalized spacial score (nSPS) is 15.5. The summed E-state index contributed by atoms with van der Waals surface area (Å²) < 4.78 is 4.73. The largest absolute Gasteiger partial charge is 0.462 e. The lowest BCUT2D eigenvalue weighted by molar-refractivity contribution is -0.138. The van der Waals surface area contributed by atoms with Gasteiger partial charge in [-0.05, 0) is 19.1 Å². The van der Waals surface area contributed by atoms with Crippen LogP contribution in [0.25, 0.3) is 0 Å². The first-order chi connectivity index (χ1) is 9.17. The van der Waals surface area contributed by atoms with Crippen LogP contribution in [0, 0.1) is 11.3 Å². The van der Waals surface area contributed by atoms with Gasteiger partial charge in [0.2, 0.25) is 0 Å². The number of fused-ring (bicyclic) bond motifs is 1. The highest BCUT2D eigenvalue weighted by atomic mass is 16.5. The molecule has 1 aliphatic heterocycles. The molecule has 2 heterocycles. The van der Waals surface area contributed by atoms with Crippen LogP contribution in [0.5, 0.6) is 0 Å². The number of nitrogens with one attached hydrogen (secondary N) is 2. The second-order valence-corrected chi connectivity index (χ2v) is 3.56. The van der Waals surface area contributed by atoms with E-state index in [1.165, 1.54) is 6.20 Å². The quantitative estimate of drug-likeness (QED) is 0.461. The number of pyridine rings is 1. The van der Waals surface area contributed by atoms with E-state index < -0.39 is 11.9 Å². The van der Waals surface area contributed by atoms with E-state index in [1.54, 1.807) is 25.1 Å².